The summed E-state index contributed by atoms with van der Waals surface area (Å²) >= 11 is 0. The van der Waals surface area contributed by atoms with Crippen LogP contribution in [0.15, 0.2) is 22.8 Å². The largest absolute Gasteiger partial charge is 0.459 e. The molecule has 1 saturated carbocycles. The van der Waals surface area contributed by atoms with Crippen LogP contribution in [0.2, 0.25) is 0 Å². The molecular weight excluding hydrogens is 354 g/mol. The van der Waals surface area contributed by atoms with E-state index in [0.29, 0.717) is 29.8 Å². The average Bonchev–Trinajstić information content (AvgIpc) is 3.35. The van der Waals surface area contributed by atoms with Crippen LogP contribution in [-0.4, -0.2) is 61.8 Å². The summed E-state index contributed by atoms with van der Waals surface area (Å²) in [5.74, 6) is 1.14. The second-order valence-electron chi connectivity index (χ2n) is 7.55. The van der Waals surface area contributed by atoms with Crippen LogP contribution in [-0.2, 0) is 4.74 Å². The molecule has 6 nitrogen and oxygen atoms in total. The summed E-state index contributed by atoms with van der Waals surface area (Å²) in [5, 5.41) is 7.54. The number of piperidine rings is 1. The molecule has 1 amide bonds. The molecule has 0 spiro atoms. The van der Waals surface area contributed by atoms with Crippen molar-refractivity contribution in [2.24, 2.45) is 5.92 Å². The van der Waals surface area contributed by atoms with Gasteiger partial charge in [-0.15, -0.1) is 12.4 Å². The van der Waals surface area contributed by atoms with E-state index in [1.54, 1.807) is 18.4 Å². The highest BCUT2D eigenvalue weighted by Gasteiger charge is 2.36. The van der Waals surface area contributed by atoms with E-state index in [0.717, 1.165) is 45.7 Å². The van der Waals surface area contributed by atoms with E-state index in [1.165, 1.54) is 19.3 Å². The number of halogens is 1. The first kappa shape index (κ1) is 19.7. The number of furan rings is 1. The van der Waals surface area contributed by atoms with Crippen molar-refractivity contribution < 1.29 is 13.9 Å². The minimum atomic E-state index is 0. The maximum Gasteiger partial charge on any atom is 0.289 e. The highest BCUT2D eigenvalue weighted by Crippen LogP contribution is 2.30. The number of amides is 1. The van der Waals surface area contributed by atoms with Crippen molar-refractivity contribution in [1.82, 2.24) is 15.5 Å². The fraction of sp³-hybridized carbons (Fsp3) is 0.737. The zero-order valence-corrected chi connectivity index (χ0v) is 16.0. The van der Waals surface area contributed by atoms with E-state index in [9.17, 15) is 4.79 Å². The first-order valence-corrected chi connectivity index (χ1v) is 9.71. The quantitative estimate of drug-likeness (QED) is 0.833. The van der Waals surface area contributed by atoms with Gasteiger partial charge >= 0.3 is 0 Å². The van der Waals surface area contributed by atoms with E-state index in [1.807, 2.05) is 4.90 Å². The molecule has 0 radical (unpaired) electrons. The van der Waals surface area contributed by atoms with Gasteiger partial charge in [0.05, 0.1) is 19.5 Å². The molecule has 4 rings (SSSR count). The van der Waals surface area contributed by atoms with Crippen LogP contribution in [0.3, 0.4) is 0 Å². The van der Waals surface area contributed by atoms with Crippen molar-refractivity contribution in [3.63, 3.8) is 0 Å². The summed E-state index contributed by atoms with van der Waals surface area (Å²) in [6, 6.07) is 5.10. The third kappa shape index (κ3) is 4.42. The molecule has 2 saturated heterocycles. The smallest absolute Gasteiger partial charge is 0.289 e. The number of hydrogen-bond acceptors (Lipinski definition) is 5. The fourth-order valence-electron chi connectivity index (χ4n) is 4.65. The second-order valence-corrected chi connectivity index (χ2v) is 7.55. The van der Waals surface area contributed by atoms with Crippen molar-refractivity contribution in [3.8, 4) is 0 Å². The lowest BCUT2D eigenvalue weighted by molar-refractivity contribution is 0.0498. The Kier molecular flexibility index (Phi) is 6.98. The average molecular weight is 384 g/mol. The van der Waals surface area contributed by atoms with Crippen LogP contribution in [0.5, 0.6) is 0 Å². The molecule has 1 aromatic heterocycles. The van der Waals surface area contributed by atoms with Crippen LogP contribution in [0.25, 0.3) is 0 Å². The fourth-order valence-corrected chi connectivity index (χ4v) is 4.65. The molecule has 3 atom stereocenters. The van der Waals surface area contributed by atoms with Gasteiger partial charge in [0.25, 0.3) is 5.91 Å². The van der Waals surface area contributed by atoms with Crippen molar-refractivity contribution in [2.45, 2.75) is 50.2 Å². The third-order valence-corrected chi connectivity index (χ3v) is 6.00. The van der Waals surface area contributed by atoms with Crippen molar-refractivity contribution in [2.75, 3.05) is 32.8 Å². The molecule has 3 fully saturated rings. The van der Waals surface area contributed by atoms with Crippen LogP contribution in [0.1, 0.15) is 42.7 Å². The van der Waals surface area contributed by atoms with E-state index in [4.69, 9.17) is 9.15 Å². The number of carbonyl (C=O) groups excluding carboxylic acids is 1. The van der Waals surface area contributed by atoms with Crippen LogP contribution < -0.4 is 10.6 Å². The Morgan fingerprint density at radius 1 is 1.23 bits per heavy atom. The zero-order valence-electron chi connectivity index (χ0n) is 15.2. The number of hydrogen-bond donors (Lipinski definition) is 2. The predicted octanol–water partition coefficient (Wildman–Crippen LogP) is 2.05. The van der Waals surface area contributed by atoms with Gasteiger partial charge in [-0.3, -0.25) is 4.79 Å². The Morgan fingerprint density at radius 2 is 2.08 bits per heavy atom. The van der Waals surface area contributed by atoms with Crippen LogP contribution >= 0.6 is 12.4 Å². The van der Waals surface area contributed by atoms with Gasteiger partial charge in [-0.25, -0.2) is 0 Å². The Hall–Kier alpha value is -1.08. The molecule has 3 aliphatic rings. The van der Waals surface area contributed by atoms with E-state index in [2.05, 4.69) is 10.6 Å². The summed E-state index contributed by atoms with van der Waals surface area (Å²) in [6.07, 6.45) is 7.44. The Labute approximate surface area is 161 Å². The molecule has 2 aliphatic heterocycles. The molecule has 146 valence electrons. The second kappa shape index (κ2) is 9.22. The standard InChI is InChI=1S/C19H29N3O3.ClH/c23-19(18-5-2-11-25-18)22-9-6-14(7-10-22)21-16-4-1-3-15(16)17-13-24-12-8-20-17;/h2,5,11,14-17,20-21H,1,3-4,6-10,12-13H2;1H. The lowest BCUT2D eigenvalue weighted by Gasteiger charge is -2.37. The molecule has 26 heavy (non-hydrogen) atoms. The third-order valence-electron chi connectivity index (χ3n) is 6.00. The Morgan fingerprint density at radius 3 is 2.77 bits per heavy atom. The maximum atomic E-state index is 12.4. The van der Waals surface area contributed by atoms with E-state index < -0.39 is 0 Å². The van der Waals surface area contributed by atoms with Gasteiger partial charge in [0.2, 0.25) is 0 Å². The lowest BCUT2D eigenvalue weighted by Crippen LogP contribution is -2.54. The molecule has 1 aromatic rings. The number of likely N-dealkylation sites (tertiary alicyclic amines) is 1. The van der Waals surface area contributed by atoms with Crippen LogP contribution in [0.4, 0.5) is 0 Å². The number of morpholine rings is 1. The molecule has 7 heteroatoms. The van der Waals surface area contributed by atoms with E-state index >= 15 is 0 Å². The Balaban J connectivity index is 0.00000196. The number of nitrogens with zero attached hydrogens (tertiary/aromatic N) is 1. The van der Waals surface area contributed by atoms with Gasteiger partial charge in [-0.2, -0.15) is 0 Å². The summed E-state index contributed by atoms with van der Waals surface area (Å²) in [5.41, 5.74) is 0. The number of carbonyl (C=O) groups is 1. The van der Waals surface area contributed by atoms with Gasteiger partial charge in [-0.1, -0.05) is 6.42 Å². The van der Waals surface area contributed by atoms with Gasteiger partial charge in [-0.05, 0) is 43.7 Å². The van der Waals surface area contributed by atoms with Gasteiger partial charge in [0, 0.05) is 37.8 Å². The Bertz CT molecular complexity index is 554. The number of nitrogens with one attached hydrogen (secondary N) is 2. The molecular formula is C19H30ClN3O3. The monoisotopic (exact) mass is 383 g/mol. The summed E-state index contributed by atoms with van der Waals surface area (Å²) in [4.78, 5) is 14.3. The van der Waals surface area contributed by atoms with Crippen molar-refractivity contribution in [3.05, 3.63) is 24.2 Å². The molecule has 3 unspecified atom stereocenters. The van der Waals surface area contributed by atoms with Crippen LogP contribution in [0, 0.1) is 5.92 Å². The van der Waals surface area contributed by atoms with Gasteiger partial charge in [0.15, 0.2) is 5.76 Å². The predicted molar refractivity (Wildman–Crippen MR) is 102 cm³/mol. The topological polar surface area (TPSA) is 66.7 Å². The maximum absolute atomic E-state index is 12.4. The summed E-state index contributed by atoms with van der Waals surface area (Å²) in [7, 11) is 0. The van der Waals surface area contributed by atoms with Crippen molar-refractivity contribution in [1.29, 1.82) is 0 Å². The molecule has 0 aromatic carbocycles. The highest BCUT2D eigenvalue weighted by atomic mass is 35.5. The normalized spacial score (nSPS) is 30.2. The lowest BCUT2D eigenvalue weighted by atomic mass is 9.92. The highest BCUT2D eigenvalue weighted by molar-refractivity contribution is 5.91. The molecule has 3 heterocycles. The molecule has 2 N–H and O–H groups in total. The number of ether oxygens (including phenoxy) is 1. The SMILES string of the molecule is Cl.O=C(c1ccco1)N1CCC(NC2CCCC2C2COCCN2)CC1. The van der Waals surface area contributed by atoms with E-state index in [-0.39, 0.29) is 18.3 Å². The minimum absolute atomic E-state index is 0. The zero-order chi connectivity index (χ0) is 17.1. The first-order valence-electron chi connectivity index (χ1n) is 9.71. The van der Waals surface area contributed by atoms with Gasteiger partial charge in [0.1, 0.15) is 0 Å². The molecule has 0 bridgehead atoms. The molecule has 1 aliphatic carbocycles. The number of rotatable bonds is 4. The first-order chi connectivity index (χ1) is 12.3. The minimum Gasteiger partial charge on any atom is -0.459 e. The van der Waals surface area contributed by atoms with Gasteiger partial charge < -0.3 is 24.7 Å². The summed E-state index contributed by atoms with van der Waals surface area (Å²) in [6.45, 7) is 4.27. The van der Waals surface area contributed by atoms with Crippen molar-refractivity contribution >= 4 is 18.3 Å². The summed E-state index contributed by atoms with van der Waals surface area (Å²) < 4.78 is 10.9.